The number of nitrogens with zero attached hydrogens (tertiary/aromatic N) is 2. The third-order valence-electron chi connectivity index (χ3n) is 4.77. The third kappa shape index (κ3) is 4.41. The first kappa shape index (κ1) is 20.6. The van der Waals surface area contributed by atoms with Gasteiger partial charge in [-0.15, -0.1) is 11.3 Å². The number of anilines is 2. The smallest absolute Gasteiger partial charge is 0.250 e. The summed E-state index contributed by atoms with van der Waals surface area (Å²) in [6.45, 7) is 2.28. The van der Waals surface area contributed by atoms with Crippen LogP contribution in [0.4, 0.5) is 10.8 Å². The predicted octanol–water partition coefficient (Wildman–Crippen LogP) is 5.68. The molecule has 0 bridgehead atoms. The Labute approximate surface area is 188 Å². The summed E-state index contributed by atoms with van der Waals surface area (Å²) in [5.41, 5.74) is 4.44. The largest absolute Gasteiger partial charge is 0.312 e. The Morgan fingerprint density at radius 1 is 1.20 bits per heavy atom. The average Bonchev–Trinajstić information content (AvgIpc) is 3.33. The molecule has 2 aromatic carbocycles. The Hall–Kier alpha value is -2.67. The lowest BCUT2D eigenvalue weighted by Gasteiger charge is -2.15. The van der Waals surface area contributed by atoms with Crippen LogP contribution >= 0.6 is 34.5 Å². The molecule has 152 valence electrons. The topological polar surface area (TPSA) is 62.3 Å². The number of fused-ring (bicyclic) bond motifs is 1. The maximum atomic E-state index is 12.2. The second kappa shape index (κ2) is 8.60. The van der Waals surface area contributed by atoms with Crippen molar-refractivity contribution >= 4 is 63.2 Å². The average molecular weight is 458 g/mol. The van der Waals surface area contributed by atoms with E-state index in [2.05, 4.69) is 10.3 Å². The van der Waals surface area contributed by atoms with Gasteiger partial charge in [-0.2, -0.15) is 0 Å². The Kier molecular flexibility index (Phi) is 5.90. The molecule has 3 aromatic rings. The van der Waals surface area contributed by atoms with Gasteiger partial charge in [-0.1, -0.05) is 41.4 Å². The number of carbonyl (C=O) groups excluding carboxylic acids is 2. The van der Waals surface area contributed by atoms with Crippen LogP contribution in [0.15, 0.2) is 47.9 Å². The van der Waals surface area contributed by atoms with E-state index in [1.54, 1.807) is 36.1 Å². The van der Waals surface area contributed by atoms with E-state index < -0.39 is 0 Å². The van der Waals surface area contributed by atoms with Gasteiger partial charge < -0.3 is 4.90 Å². The van der Waals surface area contributed by atoms with E-state index in [1.807, 2.05) is 23.6 Å². The van der Waals surface area contributed by atoms with Gasteiger partial charge in [0.15, 0.2) is 5.13 Å². The fraction of sp³-hybridized carbons (Fsp3) is 0.136. The van der Waals surface area contributed by atoms with Crippen molar-refractivity contribution in [2.75, 3.05) is 16.8 Å². The number of halogens is 2. The summed E-state index contributed by atoms with van der Waals surface area (Å²) in [4.78, 5) is 30.3. The molecule has 0 fully saturated rings. The second-order valence-electron chi connectivity index (χ2n) is 6.79. The summed E-state index contributed by atoms with van der Waals surface area (Å²) in [6, 6.07) is 11.1. The van der Waals surface area contributed by atoms with Crippen molar-refractivity contribution in [1.82, 2.24) is 4.98 Å². The first-order chi connectivity index (χ1) is 14.4. The van der Waals surface area contributed by atoms with Gasteiger partial charge in [0.25, 0.3) is 0 Å². The summed E-state index contributed by atoms with van der Waals surface area (Å²) in [5, 5.41) is 6.14. The van der Waals surface area contributed by atoms with Gasteiger partial charge in [-0.3, -0.25) is 14.9 Å². The molecule has 1 N–H and O–H groups in total. The monoisotopic (exact) mass is 457 g/mol. The van der Waals surface area contributed by atoms with Crippen molar-refractivity contribution in [1.29, 1.82) is 0 Å². The van der Waals surface area contributed by atoms with E-state index >= 15 is 0 Å². The Balaban J connectivity index is 1.47. The van der Waals surface area contributed by atoms with Crippen molar-refractivity contribution in [2.45, 2.75) is 13.3 Å². The van der Waals surface area contributed by atoms with E-state index in [0.29, 0.717) is 27.3 Å². The highest BCUT2D eigenvalue weighted by Crippen LogP contribution is 2.34. The quantitative estimate of drug-likeness (QED) is 0.512. The van der Waals surface area contributed by atoms with E-state index in [9.17, 15) is 9.59 Å². The fourth-order valence-electron chi connectivity index (χ4n) is 3.28. The molecule has 5 nitrogen and oxygen atoms in total. The van der Waals surface area contributed by atoms with Crippen LogP contribution in [-0.4, -0.2) is 23.3 Å². The van der Waals surface area contributed by atoms with Gasteiger partial charge in [-0.25, -0.2) is 4.98 Å². The molecule has 0 saturated heterocycles. The SMILES string of the molecule is CC(=O)N1CCc2ccc(-c3csc(NC(=O)/C=C/c4ccc(Cl)cc4Cl)n3)cc21. The van der Waals surface area contributed by atoms with Crippen LogP contribution in [0.3, 0.4) is 0 Å². The fourth-order valence-corrected chi connectivity index (χ4v) is 4.47. The molecule has 0 spiro atoms. The van der Waals surface area contributed by atoms with E-state index in [0.717, 1.165) is 28.9 Å². The van der Waals surface area contributed by atoms with Crippen LogP contribution in [0.2, 0.25) is 10.0 Å². The van der Waals surface area contributed by atoms with Gasteiger partial charge in [0.05, 0.1) is 5.69 Å². The van der Waals surface area contributed by atoms with Crippen LogP contribution in [0.5, 0.6) is 0 Å². The number of amides is 2. The predicted molar refractivity (Wildman–Crippen MR) is 123 cm³/mol. The van der Waals surface area contributed by atoms with Crippen LogP contribution in [0.1, 0.15) is 18.1 Å². The summed E-state index contributed by atoms with van der Waals surface area (Å²) >= 11 is 13.3. The molecule has 4 rings (SSSR count). The van der Waals surface area contributed by atoms with Gasteiger partial charge in [-0.05, 0) is 41.8 Å². The molecular weight excluding hydrogens is 441 g/mol. The summed E-state index contributed by atoms with van der Waals surface area (Å²) in [6.07, 6.45) is 3.88. The highest BCUT2D eigenvalue weighted by atomic mass is 35.5. The lowest BCUT2D eigenvalue weighted by Crippen LogP contribution is -2.25. The summed E-state index contributed by atoms with van der Waals surface area (Å²) in [7, 11) is 0. The van der Waals surface area contributed by atoms with Crippen LogP contribution in [-0.2, 0) is 16.0 Å². The normalized spacial score (nSPS) is 13.0. The Morgan fingerprint density at radius 3 is 2.80 bits per heavy atom. The maximum absolute atomic E-state index is 12.2. The van der Waals surface area contributed by atoms with Crippen LogP contribution in [0, 0.1) is 0 Å². The number of rotatable bonds is 4. The number of hydrogen-bond donors (Lipinski definition) is 1. The molecule has 0 radical (unpaired) electrons. The van der Waals surface area contributed by atoms with Crippen molar-refractivity contribution in [2.24, 2.45) is 0 Å². The highest BCUT2D eigenvalue weighted by Gasteiger charge is 2.22. The zero-order valence-corrected chi connectivity index (χ0v) is 18.3. The van der Waals surface area contributed by atoms with E-state index in [-0.39, 0.29) is 11.8 Å². The number of hydrogen-bond acceptors (Lipinski definition) is 4. The van der Waals surface area contributed by atoms with E-state index in [1.165, 1.54) is 17.4 Å². The van der Waals surface area contributed by atoms with Gasteiger partial charge in [0.2, 0.25) is 11.8 Å². The molecule has 1 aliphatic rings. The molecule has 1 aromatic heterocycles. The number of aromatic nitrogens is 1. The van der Waals surface area contributed by atoms with Gasteiger partial charge in [0.1, 0.15) is 0 Å². The lowest BCUT2D eigenvalue weighted by molar-refractivity contribution is -0.116. The number of benzene rings is 2. The number of carbonyl (C=O) groups is 2. The van der Waals surface area contributed by atoms with E-state index in [4.69, 9.17) is 23.2 Å². The molecule has 2 heterocycles. The van der Waals surface area contributed by atoms with Crippen LogP contribution in [0.25, 0.3) is 17.3 Å². The number of nitrogens with one attached hydrogen (secondary N) is 1. The van der Waals surface area contributed by atoms with Gasteiger partial charge in [0, 0.05) is 46.2 Å². The minimum absolute atomic E-state index is 0.0321. The molecule has 2 amide bonds. The van der Waals surface area contributed by atoms with Crippen molar-refractivity contribution in [3.8, 4) is 11.3 Å². The summed E-state index contributed by atoms with van der Waals surface area (Å²) in [5.74, 6) is -0.275. The lowest BCUT2D eigenvalue weighted by atomic mass is 10.1. The van der Waals surface area contributed by atoms with Crippen LogP contribution < -0.4 is 10.2 Å². The molecule has 1 aliphatic heterocycles. The highest BCUT2D eigenvalue weighted by molar-refractivity contribution is 7.14. The Morgan fingerprint density at radius 2 is 2.03 bits per heavy atom. The minimum Gasteiger partial charge on any atom is -0.312 e. The van der Waals surface area contributed by atoms with Crippen molar-refractivity contribution in [3.05, 3.63) is 69.0 Å². The summed E-state index contributed by atoms with van der Waals surface area (Å²) < 4.78 is 0. The molecule has 0 unspecified atom stereocenters. The first-order valence-electron chi connectivity index (χ1n) is 9.22. The molecule has 0 atom stereocenters. The molecule has 0 saturated carbocycles. The number of thiazole rings is 1. The first-order valence-corrected chi connectivity index (χ1v) is 10.9. The Bertz CT molecular complexity index is 1170. The molecule has 8 heteroatoms. The van der Waals surface area contributed by atoms with Crippen molar-refractivity contribution in [3.63, 3.8) is 0 Å². The third-order valence-corrected chi connectivity index (χ3v) is 6.09. The maximum Gasteiger partial charge on any atom is 0.250 e. The van der Waals surface area contributed by atoms with Crippen molar-refractivity contribution < 1.29 is 9.59 Å². The molecular formula is C22H17Cl2N3O2S. The second-order valence-corrected chi connectivity index (χ2v) is 8.49. The molecule has 0 aliphatic carbocycles. The zero-order chi connectivity index (χ0) is 21.3. The zero-order valence-electron chi connectivity index (χ0n) is 16.0. The van der Waals surface area contributed by atoms with Gasteiger partial charge >= 0.3 is 0 Å². The minimum atomic E-state index is -0.307. The standard InChI is InChI=1S/C22H17Cl2N3O2S/c1-13(28)27-9-8-15-2-3-16(10-20(15)27)19-12-30-22(25-19)26-21(29)7-5-14-4-6-17(23)11-18(14)24/h2-7,10-12H,8-9H2,1H3,(H,25,26,29)/b7-5+. The molecule has 30 heavy (non-hydrogen) atoms.